The Hall–Kier alpha value is -3.07. The molecule has 0 aliphatic carbocycles. The molecule has 9 nitrogen and oxygen atoms in total. The number of rotatable bonds is 3. The Morgan fingerprint density at radius 2 is 2.16 bits per heavy atom. The van der Waals surface area contributed by atoms with Crippen LogP contribution in [0.4, 0.5) is 0 Å². The molecule has 3 aromatic rings. The summed E-state index contributed by atoms with van der Waals surface area (Å²) < 4.78 is 7.35. The number of carbonyl (C=O) groups excluding carboxylic acids is 1. The molecule has 2 aromatic heterocycles. The molecule has 1 N–H and O–H groups in total. The Morgan fingerprint density at radius 3 is 2.84 bits per heavy atom. The van der Waals surface area contributed by atoms with Crippen LogP contribution in [0.15, 0.2) is 36.7 Å². The van der Waals surface area contributed by atoms with Gasteiger partial charge >= 0.3 is 0 Å². The highest BCUT2D eigenvalue weighted by molar-refractivity contribution is 5.94. The van der Waals surface area contributed by atoms with Crippen molar-refractivity contribution in [3.8, 4) is 5.69 Å². The molecule has 0 spiro atoms. The molecule has 3 heterocycles. The number of H-pyrrole nitrogens is 1. The maximum absolute atomic E-state index is 12.8. The number of hydrogen-bond acceptors (Lipinski definition) is 6. The lowest BCUT2D eigenvalue weighted by atomic mass is 10.1. The fraction of sp³-hybridized carbons (Fsp3) is 0.312. The van der Waals surface area contributed by atoms with Crippen LogP contribution in [0.25, 0.3) is 5.69 Å². The van der Waals surface area contributed by atoms with E-state index in [-0.39, 0.29) is 12.0 Å². The minimum atomic E-state index is -0.308. The Morgan fingerprint density at radius 1 is 1.32 bits per heavy atom. The first-order valence-electron chi connectivity index (χ1n) is 7.97. The number of morpholine rings is 1. The summed E-state index contributed by atoms with van der Waals surface area (Å²) in [5.41, 5.74) is 1.47. The van der Waals surface area contributed by atoms with Gasteiger partial charge in [-0.3, -0.25) is 9.89 Å². The number of aryl methyl sites for hydroxylation is 1. The third-order valence-corrected chi connectivity index (χ3v) is 4.06. The van der Waals surface area contributed by atoms with Gasteiger partial charge < -0.3 is 9.64 Å². The topological polar surface area (TPSA) is 102 Å². The zero-order chi connectivity index (χ0) is 17.2. The molecule has 0 saturated carbocycles. The Labute approximate surface area is 143 Å². The quantitative estimate of drug-likeness (QED) is 0.761. The molecular weight excluding hydrogens is 322 g/mol. The van der Waals surface area contributed by atoms with Gasteiger partial charge in [-0.15, -0.1) is 5.10 Å². The van der Waals surface area contributed by atoms with Gasteiger partial charge in [0.1, 0.15) is 11.9 Å². The molecule has 25 heavy (non-hydrogen) atoms. The maximum atomic E-state index is 12.8. The lowest BCUT2D eigenvalue weighted by molar-refractivity contribution is -0.0266. The molecule has 1 aliphatic heterocycles. The van der Waals surface area contributed by atoms with Gasteiger partial charge in [0.25, 0.3) is 5.91 Å². The van der Waals surface area contributed by atoms with Crippen molar-refractivity contribution in [2.24, 2.45) is 0 Å². The summed E-state index contributed by atoms with van der Waals surface area (Å²) in [7, 11) is 0. The van der Waals surface area contributed by atoms with Gasteiger partial charge in [-0.1, -0.05) is 5.21 Å². The highest BCUT2D eigenvalue weighted by Crippen LogP contribution is 2.21. The molecule has 1 atom stereocenters. The van der Waals surface area contributed by atoms with Crippen LogP contribution in [0.5, 0.6) is 0 Å². The van der Waals surface area contributed by atoms with Gasteiger partial charge in [-0.05, 0) is 31.2 Å². The standard InChI is InChI=1S/C16H17N7O2/c1-11-18-15(20-19-11)14-10-22(8-9-25-14)16(24)12-2-4-13(5-3-12)23-7-6-17-21-23/h2-7,14H,8-10H2,1H3,(H,18,19,20). The van der Waals surface area contributed by atoms with Crippen molar-refractivity contribution in [3.63, 3.8) is 0 Å². The maximum Gasteiger partial charge on any atom is 0.254 e. The van der Waals surface area contributed by atoms with Crippen molar-refractivity contribution in [1.82, 2.24) is 35.1 Å². The second-order valence-electron chi connectivity index (χ2n) is 5.78. The van der Waals surface area contributed by atoms with E-state index in [1.807, 2.05) is 19.1 Å². The average molecular weight is 339 g/mol. The molecule has 128 valence electrons. The Balaban J connectivity index is 1.48. The summed E-state index contributed by atoms with van der Waals surface area (Å²) in [6.45, 7) is 3.27. The van der Waals surface area contributed by atoms with Crippen molar-refractivity contribution in [3.05, 3.63) is 53.9 Å². The van der Waals surface area contributed by atoms with Gasteiger partial charge in [0.05, 0.1) is 31.2 Å². The summed E-state index contributed by atoms with van der Waals surface area (Å²) in [5, 5.41) is 14.6. The van der Waals surface area contributed by atoms with E-state index in [9.17, 15) is 4.79 Å². The zero-order valence-corrected chi connectivity index (χ0v) is 13.7. The largest absolute Gasteiger partial charge is 0.366 e. The summed E-state index contributed by atoms with van der Waals surface area (Å²) in [6, 6.07) is 7.28. The predicted molar refractivity (Wildman–Crippen MR) is 87.1 cm³/mol. The lowest BCUT2D eigenvalue weighted by Crippen LogP contribution is -2.42. The first kappa shape index (κ1) is 15.5. The number of aromatic nitrogens is 6. The molecule has 1 amide bonds. The minimum Gasteiger partial charge on any atom is -0.366 e. The molecule has 1 fully saturated rings. The van der Waals surface area contributed by atoms with Crippen LogP contribution in [-0.4, -0.2) is 60.7 Å². The third kappa shape index (κ3) is 3.13. The fourth-order valence-electron chi connectivity index (χ4n) is 2.78. The zero-order valence-electron chi connectivity index (χ0n) is 13.7. The number of ether oxygens (including phenoxy) is 1. The molecule has 1 aromatic carbocycles. The van der Waals surface area contributed by atoms with Gasteiger partial charge in [-0.2, -0.15) is 5.10 Å². The number of amides is 1. The summed E-state index contributed by atoms with van der Waals surface area (Å²) in [6.07, 6.45) is 3.05. The molecular formula is C16H17N7O2. The van der Waals surface area contributed by atoms with Crippen molar-refractivity contribution < 1.29 is 9.53 Å². The predicted octanol–water partition coefficient (Wildman–Crippen LogP) is 0.908. The van der Waals surface area contributed by atoms with Crippen LogP contribution in [0.3, 0.4) is 0 Å². The van der Waals surface area contributed by atoms with Gasteiger partial charge in [0.15, 0.2) is 5.82 Å². The Kier molecular flexibility index (Phi) is 3.98. The number of nitrogens with zero attached hydrogens (tertiary/aromatic N) is 6. The smallest absolute Gasteiger partial charge is 0.254 e. The number of carbonyl (C=O) groups is 1. The van der Waals surface area contributed by atoms with Crippen LogP contribution in [0.1, 0.15) is 28.1 Å². The molecule has 4 rings (SSSR count). The SMILES string of the molecule is Cc1nc(C2CN(C(=O)c3ccc(-n4ccnn4)cc3)CCO2)n[nH]1. The van der Waals surface area contributed by atoms with E-state index in [4.69, 9.17) is 4.74 Å². The number of hydrogen-bond donors (Lipinski definition) is 1. The summed E-state index contributed by atoms with van der Waals surface area (Å²) >= 11 is 0. The van der Waals surface area contributed by atoms with Crippen molar-refractivity contribution >= 4 is 5.91 Å². The fourth-order valence-corrected chi connectivity index (χ4v) is 2.78. The average Bonchev–Trinajstić information content (AvgIpc) is 3.33. The van der Waals surface area contributed by atoms with Crippen LogP contribution >= 0.6 is 0 Å². The highest BCUT2D eigenvalue weighted by atomic mass is 16.5. The number of aromatic amines is 1. The van der Waals surface area contributed by atoms with E-state index < -0.39 is 0 Å². The van der Waals surface area contributed by atoms with Crippen LogP contribution < -0.4 is 0 Å². The van der Waals surface area contributed by atoms with E-state index in [2.05, 4.69) is 25.5 Å². The lowest BCUT2D eigenvalue weighted by Gasteiger charge is -2.31. The van der Waals surface area contributed by atoms with E-state index >= 15 is 0 Å². The first-order valence-corrected chi connectivity index (χ1v) is 7.97. The van der Waals surface area contributed by atoms with Crippen molar-refractivity contribution in [1.29, 1.82) is 0 Å². The van der Waals surface area contributed by atoms with E-state index in [0.717, 1.165) is 11.5 Å². The minimum absolute atomic E-state index is 0.0364. The van der Waals surface area contributed by atoms with Gasteiger partial charge in [0.2, 0.25) is 0 Å². The second-order valence-corrected chi connectivity index (χ2v) is 5.78. The molecule has 1 saturated heterocycles. The van der Waals surface area contributed by atoms with Crippen LogP contribution in [-0.2, 0) is 4.74 Å². The highest BCUT2D eigenvalue weighted by Gasteiger charge is 2.28. The van der Waals surface area contributed by atoms with E-state index in [1.165, 1.54) is 0 Å². The molecule has 0 bridgehead atoms. The molecule has 9 heteroatoms. The third-order valence-electron chi connectivity index (χ3n) is 4.06. The molecule has 1 unspecified atom stereocenters. The number of benzene rings is 1. The van der Waals surface area contributed by atoms with Gasteiger partial charge in [-0.25, -0.2) is 9.67 Å². The second kappa shape index (κ2) is 6.44. The Bertz CT molecular complexity index is 857. The first-order chi connectivity index (χ1) is 12.2. The van der Waals surface area contributed by atoms with Crippen LogP contribution in [0, 0.1) is 6.92 Å². The molecule has 1 aliphatic rings. The summed E-state index contributed by atoms with van der Waals surface area (Å²) in [5.74, 6) is 1.27. The van der Waals surface area contributed by atoms with Crippen LogP contribution in [0.2, 0.25) is 0 Å². The molecule has 0 radical (unpaired) electrons. The summed E-state index contributed by atoms with van der Waals surface area (Å²) in [4.78, 5) is 18.8. The van der Waals surface area contributed by atoms with E-state index in [0.29, 0.717) is 31.1 Å². The monoisotopic (exact) mass is 339 g/mol. The normalized spacial score (nSPS) is 17.6. The van der Waals surface area contributed by atoms with Crippen molar-refractivity contribution in [2.45, 2.75) is 13.0 Å². The van der Waals surface area contributed by atoms with Gasteiger partial charge in [0, 0.05) is 12.1 Å². The van der Waals surface area contributed by atoms with E-state index in [1.54, 1.807) is 34.1 Å². The number of nitrogens with one attached hydrogen (secondary N) is 1. The van der Waals surface area contributed by atoms with Crippen molar-refractivity contribution in [2.75, 3.05) is 19.7 Å².